The van der Waals surface area contributed by atoms with E-state index in [2.05, 4.69) is 6.07 Å². The number of fused-ring (bicyclic) bond motifs is 3. The fourth-order valence-electron chi connectivity index (χ4n) is 4.75. The molecule has 0 aliphatic heterocycles. The summed E-state index contributed by atoms with van der Waals surface area (Å²) >= 11 is 1.90. The van der Waals surface area contributed by atoms with Crippen LogP contribution < -0.4 is 0 Å². The molecule has 3 aliphatic rings. The van der Waals surface area contributed by atoms with Gasteiger partial charge < -0.3 is 5.11 Å². The predicted molar refractivity (Wildman–Crippen MR) is 79.5 cm³/mol. The van der Waals surface area contributed by atoms with Crippen LogP contribution in [0.15, 0.2) is 6.07 Å². The lowest BCUT2D eigenvalue weighted by atomic mass is 9.84. The monoisotopic (exact) mass is 276 g/mol. The van der Waals surface area contributed by atoms with Gasteiger partial charge in [-0.1, -0.05) is 6.42 Å². The van der Waals surface area contributed by atoms with Crippen molar-refractivity contribution in [2.24, 2.45) is 17.8 Å². The molecule has 0 aromatic carbocycles. The summed E-state index contributed by atoms with van der Waals surface area (Å²) < 4.78 is 0. The second-order valence-electron chi connectivity index (χ2n) is 6.99. The van der Waals surface area contributed by atoms with Gasteiger partial charge in [-0.3, -0.25) is 0 Å². The third kappa shape index (κ3) is 2.27. The molecule has 1 heterocycles. The quantitative estimate of drug-likeness (QED) is 0.862. The van der Waals surface area contributed by atoms with Crippen molar-refractivity contribution in [1.82, 2.24) is 0 Å². The maximum atomic E-state index is 10.6. The number of hydrogen-bond acceptors (Lipinski definition) is 2. The maximum Gasteiger partial charge on any atom is 0.0884 e. The van der Waals surface area contributed by atoms with Crippen LogP contribution in [0.1, 0.15) is 66.4 Å². The summed E-state index contributed by atoms with van der Waals surface area (Å²) in [7, 11) is 0. The van der Waals surface area contributed by atoms with Gasteiger partial charge in [-0.2, -0.15) is 0 Å². The van der Waals surface area contributed by atoms with E-state index in [0.717, 1.165) is 24.2 Å². The highest BCUT2D eigenvalue weighted by atomic mass is 32.1. The minimum atomic E-state index is -0.181. The summed E-state index contributed by atoms with van der Waals surface area (Å²) in [4.78, 5) is 2.82. The van der Waals surface area contributed by atoms with Crippen LogP contribution in [0.4, 0.5) is 0 Å². The van der Waals surface area contributed by atoms with Gasteiger partial charge in [0.05, 0.1) is 6.10 Å². The molecule has 2 fully saturated rings. The average molecular weight is 276 g/mol. The normalized spacial score (nSPS) is 34.5. The van der Waals surface area contributed by atoms with Crippen molar-refractivity contribution in [3.8, 4) is 0 Å². The summed E-state index contributed by atoms with van der Waals surface area (Å²) in [6.45, 7) is 0. The molecule has 2 heteroatoms. The lowest BCUT2D eigenvalue weighted by Gasteiger charge is -2.23. The molecule has 1 aromatic heterocycles. The lowest BCUT2D eigenvalue weighted by Crippen LogP contribution is -2.13. The average Bonchev–Trinajstić information content (AvgIpc) is 3.12. The van der Waals surface area contributed by atoms with E-state index >= 15 is 0 Å². The number of hydrogen-bond donors (Lipinski definition) is 1. The maximum absolute atomic E-state index is 10.6. The highest BCUT2D eigenvalue weighted by Gasteiger charge is 2.40. The van der Waals surface area contributed by atoms with Crippen LogP contribution >= 0.6 is 11.3 Å². The van der Waals surface area contributed by atoms with Gasteiger partial charge in [0.25, 0.3) is 0 Å². The molecule has 0 spiro atoms. The van der Waals surface area contributed by atoms with Gasteiger partial charge >= 0.3 is 0 Å². The third-order valence-corrected chi connectivity index (χ3v) is 7.09. The summed E-state index contributed by atoms with van der Waals surface area (Å²) in [6.07, 6.45) is 11.8. The van der Waals surface area contributed by atoms with Crippen LogP contribution in [0.5, 0.6) is 0 Å². The molecule has 1 aromatic rings. The molecule has 1 N–H and O–H groups in total. The Kier molecular flexibility index (Phi) is 3.19. The number of aliphatic hydroxyl groups is 1. The Morgan fingerprint density at radius 1 is 1.21 bits per heavy atom. The van der Waals surface area contributed by atoms with Gasteiger partial charge in [0.2, 0.25) is 0 Å². The molecule has 3 aliphatic carbocycles. The molecule has 2 saturated carbocycles. The SMILES string of the molecule is OC(CC1CC2CCC1C2)c1cc2c(s1)CCCC2. The molecule has 0 amide bonds. The molecule has 0 radical (unpaired) electrons. The Balaban J connectivity index is 1.45. The van der Waals surface area contributed by atoms with Gasteiger partial charge in [0.15, 0.2) is 0 Å². The number of thiophene rings is 1. The molecule has 104 valence electrons. The second kappa shape index (κ2) is 4.89. The van der Waals surface area contributed by atoms with E-state index in [9.17, 15) is 5.11 Å². The zero-order chi connectivity index (χ0) is 12.8. The Hall–Kier alpha value is -0.340. The van der Waals surface area contributed by atoms with E-state index in [4.69, 9.17) is 0 Å². The molecule has 0 saturated heterocycles. The highest BCUT2D eigenvalue weighted by molar-refractivity contribution is 7.12. The smallest absolute Gasteiger partial charge is 0.0884 e. The Bertz CT molecular complexity index is 440. The first-order valence-corrected chi connectivity index (χ1v) is 8.91. The Morgan fingerprint density at radius 2 is 2.11 bits per heavy atom. The summed E-state index contributed by atoms with van der Waals surface area (Å²) in [5.41, 5.74) is 1.54. The van der Waals surface area contributed by atoms with Gasteiger partial charge in [-0.25, -0.2) is 0 Å². The summed E-state index contributed by atoms with van der Waals surface area (Å²) in [5, 5.41) is 10.6. The van der Waals surface area contributed by atoms with Crippen LogP contribution in [0, 0.1) is 17.8 Å². The highest BCUT2D eigenvalue weighted by Crippen LogP contribution is 2.51. The van der Waals surface area contributed by atoms with E-state index in [0.29, 0.717) is 0 Å². The first-order valence-electron chi connectivity index (χ1n) is 8.09. The topological polar surface area (TPSA) is 20.2 Å². The van der Waals surface area contributed by atoms with Gasteiger partial charge in [0, 0.05) is 9.75 Å². The lowest BCUT2D eigenvalue weighted by molar-refractivity contribution is 0.128. The van der Waals surface area contributed by atoms with Crippen molar-refractivity contribution >= 4 is 11.3 Å². The van der Waals surface area contributed by atoms with Crippen molar-refractivity contribution < 1.29 is 5.11 Å². The van der Waals surface area contributed by atoms with Crippen molar-refractivity contribution in [2.75, 3.05) is 0 Å². The molecular weight excluding hydrogens is 252 g/mol. The fourth-order valence-corrected chi connectivity index (χ4v) is 6.00. The fraction of sp³-hybridized carbons (Fsp3) is 0.765. The Labute approximate surface area is 120 Å². The predicted octanol–water partition coefficient (Wildman–Crippen LogP) is 4.49. The number of aliphatic hydroxyl groups excluding tert-OH is 1. The number of aryl methyl sites for hydroxylation is 2. The molecule has 4 atom stereocenters. The third-order valence-electron chi connectivity index (χ3n) is 5.75. The van der Waals surface area contributed by atoms with Crippen LogP contribution in [-0.4, -0.2) is 5.11 Å². The van der Waals surface area contributed by atoms with Crippen LogP contribution in [0.25, 0.3) is 0 Å². The van der Waals surface area contributed by atoms with Crippen LogP contribution in [0.3, 0.4) is 0 Å². The van der Waals surface area contributed by atoms with Gasteiger partial charge in [-0.15, -0.1) is 11.3 Å². The van der Waals surface area contributed by atoms with E-state index in [1.807, 2.05) is 11.3 Å². The molecule has 19 heavy (non-hydrogen) atoms. The molecule has 4 unspecified atom stereocenters. The zero-order valence-corrected chi connectivity index (χ0v) is 12.4. The van der Waals surface area contributed by atoms with Crippen molar-refractivity contribution in [3.63, 3.8) is 0 Å². The van der Waals surface area contributed by atoms with Gasteiger partial charge in [0.1, 0.15) is 0 Å². The minimum Gasteiger partial charge on any atom is -0.388 e. The largest absolute Gasteiger partial charge is 0.388 e. The van der Waals surface area contributed by atoms with Crippen LogP contribution in [-0.2, 0) is 12.8 Å². The second-order valence-corrected chi connectivity index (χ2v) is 8.16. The standard InChI is InChI=1S/C17H24OS/c18-15(9-14-8-11-5-6-12(14)7-11)17-10-13-3-1-2-4-16(13)19-17/h10-12,14-15,18H,1-9H2. The van der Waals surface area contributed by atoms with Gasteiger partial charge in [-0.05, 0) is 80.8 Å². The first kappa shape index (κ1) is 12.4. The molecular formula is C17H24OS. The van der Waals surface area contributed by atoms with E-state index < -0.39 is 0 Å². The van der Waals surface area contributed by atoms with Crippen molar-refractivity contribution in [2.45, 2.75) is 63.9 Å². The summed E-state index contributed by atoms with van der Waals surface area (Å²) in [6, 6.07) is 2.32. The van der Waals surface area contributed by atoms with E-state index in [-0.39, 0.29) is 6.10 Å². The van der Waals surface area contributed by atoms with Crippen molar-refractivity contribution in [1.29, 1.82) is 0 Å². The van der Waals surface area contributed by atoms with E-state index in [1.54, 1.807) is 10.4 Å². The zero-order valence-electron chi connectivity index (χ0n) is 11.6. The minimum absolute atomic E-state index is 0.181. The number of rotatable bonds is 3. The molecule has 1 nitrogen and oxygen atoms in total. The van der Waals surface area contributed by atoms with Crippen LogP contribution in [0.2, 0.25) is 0 Å². The Morgan fingerprint density at radius 3 is 2.84 bits per heavy atom. The first-order chi connectivity index (χ1) is 9.29. The molecule has 4 rings (SSSR count). The van der Waals surface area contributed by atoms with Crippen molar-refractivity contribution in [3.05, 3.63) is 21.4 Å². The molecule has 2 bridgehead atoms. The summed E-state index contributed by atoms with van der Waals surface area (Å²) in [5.74, 6) is 2.75. The van der Waals surface area contributed by atoms with E-state index in [1.165, 1.54) is 56.2 Å².